The summed E-state index contributed by atoms with van der Waals surface area (Å²) < 4.78 is 6.04. The zero-order valence-electron chi connectivity index (χ0n) is 9.84. The molecule has 3 nitrogen and oxygen atoms in total. The van der Waals surface area contributed by atoms with Crippen LogP contribution >= 0.6 is 0 Å². The first-order valence-corrected chi connectivity index (χ1v) is 6.30. The van der Waals surface area contributed by atoms with Gasteiger partial charge in [0.15, 0.2) is 6.29 Å². The van der Waals surface area contributed by atoms with E-state index in [-0.39, 0.29) is 6.10 Å². The van der Waals surface area contributed by atoms with E-state index in [1.807, 2.05) is 24.3 Å². The average Bonchev–Trinajstić information content (AvgIpc) is 2.41. The zero-order valence-corrected chi connectivity index (χ0v) is 9.84. The number of hydrogen-bond acceptors (Lipinski definition) is 3. The van der Waals surface area contributed by atoms with Crippen molar-refractivity contribution < 1.29 is 9.53 Å². The number of hydrogen-bond donors (Lipinski definition) is 0. The van der Waals surface area contributed by atoms with Crippen molar-refractivity contribution in [3.05, 3.63) is 29.8 Å². The van der Waals surface area contributed by atoms with E-state index in [9.17, 15) is 4.79 Å². The van der Waals surface area contributed by atoms with Gasteiger partial charge in [-0.3, -0.25) is 9.69 Å². The molecule has 3 fully saturated rings. The van der Waals surface area contributed by atoms with Crippen molar-refractivity contribution in [3.63, 3.8) is 0 Å². The first kappa shape index (κ1) is 10.8. The van der Waals surface area contributed by atoms with Crippen molar-refractivity contribution >= 4 is 6.29 Å². The number of fused-ring (bicyclic) bond motifs is 3. The van der Waals surface area contributed by atoms with Crippen molar-refractivity contribution in [2.45, 2.75) is 18.9 Å². The maximum absolute atomic E-state index is 10.9. The predicted molar refractivity (Wildman–Crippen MR) is 65.4 cm³/mol. The Hall–Kier alpha value is -1.35. The number of ether oxygens (including phenoxy) is 1. The van der Waals surface area contributed by atoms with E-state index in [0.29, 0.717) is 11.5 Å². The Morgan fingerprint density at radius 3 is 2.65 bits per heavy atom. The van der Waals surface area contributed by atoms with Gasteiger partial charge in [-0.15, -0.1) is 0 Å². The Morgan fingerprint density at radius 1 is 1.24 bits per heavy atom. The van der Waals surface area contributed by atoms with Crippen molar-refractivity contribution in [1.82, 2.24) is 4.90 Å². The first-order valence-electron chi connectivity index (χ1n) is 6.30. The summed E-state index contributed by atoms with van der Waals surface area (Å²) in [5.41, 5.74) is 0.656. The average molecular weight is 231 g/mol. The molecule has 3 heterocycles. The third-order valence-electron chi connectivity index (χ3n) is 3.92. The summed E-state index contributed by atoms with van der Waals surface area (Å²) in [5, 5.41) is 0. The van der Waals surface area contributed by atoms with Gasteiger partial charge < -0.3 is 4.74 Å². The van der Waals surface area contributed by atoms with E-state index in [1.165, 1.54) is 25.9 Å². The third-order valence-corrected chi connectivity index (χ3v) is 3.92. The number of carbonyl (C=O) groups is 1. The minimum Gasteiger partial charge on any atom is -0.488 e. The third kappa shape index (κ3) is 2.07. The highest BCUT2D eigenvalue weighted by Crippen LogP contribution is 2.31. The van der Waals surface area contributed by atoms with E-state index in [4.69, 9.17) is 4.74 Å². The largest absolute Gasteiger partial charge is 0.488 e. The Balaban J connectivity index is 1.76. The molecule has 0 aliphatic carbocycles. The topological polar surface area (TPSA) is 29.5 Å². The lowest BCUT2D eigenvalue weighted by molar-refractivity contribution is -0.00798. The highest BCUT2D eigenvalue weighted by atomic mass is 16.5. The van der Waals surface area contributed by atoms with Crippen LogP contribution in [0, 0.1) is 5.92 Å². The fourth-order valence-electron chi connectivity index (χ4n) is 2.89. The van der Waals surface area contributed by atoms with Gasteiger partial charge in [0.05, 0.1) is 5.56 Å². The van der Waals surface area contributed by atoms with E-state index >= 15 is 0 Å². The van der Waals surface area contributed by atoms with E-state index in [2.05, 4.69) is 4.90 Å². The Labute approximate surface area is 101 Å². The lowest BCUT2D eigenvalue weighted by atomic mass is 9.86. The van der Waals surface area contributed by atoms with Crippen LogP contribution in [0.3, 0.4) is 0 Å². The molecule has 0 aromatic heterocycles. The van der Waals surface area contributed by atoms with Gasteiger partial charge in [0, 0.05) is 6.54 Å². The smallest absolute Gasteiger partial charge is 0.153 e. The SMILES string of the molecule is O=Cc1ccccc1OC1CN2CCC1CC2. The molecule has 2 bridgehead atoms. The highest BCUT2D eigenvalue weighted by Gasteiger charge is 2.35. The molecule has 1 aromatic carbocycles. The van der Waals surface area contributed by atoms with E-state index in [1.54, 1.807) is 0 Å². The zero-order chi connectivity index (χ0) is 11.7. The number of carbonyl (C=O) groups excluding carboxylic acids is 1. The molecule has 3 heteroatoms. The van der Waals surface area contributed by atoms with Crippen LogP contribution < -0.4 is 4.74 Å². The minimum atomic E-state index is 0.263. The number of aldehydes is 1. The van der Waals surface area contributed by atoms with Crippen LogP contribution in [0.25, 0.3) is 0 Å². The molecular weight excluding hydrogens is 214 g/mol. The molecule has 17 heavy (non-hydrogen) atoms. The van der Waals surface area contributed by atoms with E-state index < -0.39 is 0 Å². The van der Waals surface area contributed by atoms with Crippen molar-refractivity contribution in [2.75, 3.05) is 19.6 Å². The molecule has 0 saturated carbocycles. The second-order valence-electron chi connectivity index (χ2n) is 4.95. The van der Waals surface area contributed by atoms with Gasteiger partial charge in [0.25, 0.3) is 0 Å². The van der Waals surface area contributed by atoms with Crippen LogP contribution in [-0.4, -0.2) is 36.9 Å². The van der Waals surface area contributed by atoms with Crippen LogP contribution in [0.2, 0.25) is 0 Å². The molecule has 0 N–H and O–H groups in total. The van der Waals surface area contributed by atoms with Gasteiger partial charge in [0.1, 0.15) is 11.9 Å². The Morgan fingerprint density at radius 2 is 2.00 bits per heavy atom. The molecule has 0 amide bonds. The van der Waals surface area contributed by atoms with Crippen LogP contribution in [0.4, 0.5) is 0 Å². The predicted octanol–water partition coefficient (Wildman–Crippen LogP) is 1.97. The van der Waals surface area contributed by atoms with Gasteiger partial charge >= 0.3 is 0 Å². The quantitative estimate of drug-likeness (QED) is 0.745. The molecule has 4 rings (SSSR count). The second kappa shape index (κ2) is 4.49. The first-order chi connectivity index (χ1) is 8.36. The molecule has 1 aromatic rings. The molecular formula is C14H17NO2. The number of para-hydroxylation sites is 1. The standard InChI is InChI=1S/C14H17NO2/c16-10-12-3-1-2-4-13(12)17-14-9-15-7-5-11(14)6-8-15/h1-4,10-11,14H,5-9H2. The molecule has 1 atom stereocenters. The fourth-order valence-corrected chi connectivity index (χ4v) is 2.89. The second-order valence-corrected chi connectivity index (χ2v) is 4.95. The van der Waals surface area contributed by atoms with Crippen LogP contribution in [0.5, 0.6) is 5.75 Å². The van der Waals surface area contributed by atoms with Gasteiger partial charge in [-0.05, 0) is 44.0 Å². The molecule has 3 aliphatic heterocycles. The number of rotatable bonds is 3. The maximum Gasteiger partial charge on any atom is 0.153 e. The van der Waals surface area contributed by atoms with Crippen molar-refractivity contribution in [3.8, 4) is 5.75 Å². The summed E-state index contributed by atoms with van der Waals surface area (Å²) in [5.74, 6) is 1.40. The summed E-state index contributed by atoms with van der Waals surface area (Å²) in [6.45, 7) is 3.43. The summed E-state index contributed by atoms with van der Waals surface area (Å²) >= 11 is 0. The number of benzene rings is 1. The molecule has 1 unspecified atom stereocenters. The van der Waals surface area contributed by atoms with Gasteiger partial charge in [-0.2, -0.15) is 0 Å². The fraction of sp³-hybridized carbons (Fsp3) is 0.500. The summed E-state index contributed by atoms with van der Waals surface area (Å²) in [7, 11) is 0. The minimum absolute atomic E-state index is 0.263. The normalized spacial score (nSPS) is 31.2. The molecule has 0 radical (unpaired) electrons. The summed E-state index contributed by atoms with van der Waals surface area (Å²) in [4.78, 5) is 13.4. The monoisotopic (exact) mass is 231 g/mol. The van der Waals surface area contributed by atoms with E-state index in [0.717, 1.165) is 18.6 Å². The molecule has 3 aliphatic rings. The lowest BCUT2D eigenvalue weighted by Crippen LogP contribution is -2.52. The highest BCUT2D eigenvalue weighted by molar-refractivity contribution is 5.79. The van der Waals surface area contributed by atoms with Gasteiger partial charge in [-0.1, -0.05) is 12.1 Å². The number of piperidine rings is 3. The Bertz CT molecular complexity index is 410. The summed E-state index contributed by atoms with van der Waals surface area (Å²) in [6.07, 6.45) is 3.59. The molecule has 3 saturated heterocycles. The van der Waals surface area contributed by atoms with Gasteiger partial charge in [-0.25, -0.2) is 0 Å². The van der Waals surface area contributed by atoms with Crippen LogP contribution in [0.1, 0.15) is 23.2 Å². The Kier molecular flexibility index (Phi) is 2.85. The molecule has 90 valence electrons. The van der Waals surface area contributed by atoms with Crippen LogP contribution in [-0.2, 0) is 0 Å². The van der Waals surface area contributed by atoms with Crippen LogP contribution in [0.15, 0.2) is 24.3 Å². The molecule has 0 spiro atoms. The van der Waals surface area contributed by atoms with Gasteiger partial charge in [0.2, 0.25) is 0 Å². The van der Waals surface area contributed by atoms with Crippen molar-refractivity contribution in [2.24, 2.45) is 5.92 Å². The lowest BCUT2D eigenvalue weighted by Gasteiger charge is -2.44. The number of nitrogens with zero attached hydrogens (tertiary/aromatic N) is 1. The maximum atomic E-state index is 10.9. The summed E-state index contributed by atoms with van der Waals surface area (Å²) in [6, 6.07) is 7.49. The van der Waals surface area contributed by atoms with Crippen molar-refractivity contribution in [1.29, 1.82) is 0 Å².